The van der Waals surface area contributed by atoms with E-state index in [9.17, 15) is 80.0 Å². The number of benzene rings is 5. The van der Waals surface area contributed by atoms with Crippen molar-refractivity contribution in [1.82, 2.24) is 44.1 Å². The molecule has 33 nitrogen and oxygen atoms in total. The number of nitrogens with two attached hydrogens (primary N) is 1. The van der Waals surface area contributed by atoms with Gasteiger partial charge in [0.15, 0.2) is 5.78 Å². The summed E-state index contributed by atoms with van der Waals surface area (Å²) in [4.78, 5) is 89.3. The minimum atomic E-state index is -3.87. The van der Waals surface area contributed by atoms with Gasteiger partial charge < -0.3 is 51.8 Å². The number of pyridine rings is 6. The maximum Gasteiger partial charge on any atom is 1.00 e. The Balaban J connectivity index is 0. The third-order valence-electron chi connectivity index (χ3n) is 15.4. The van der Waals surface area contributed by atoms with E-state index in [1.165, 1.54) is 83.6 Å². The average molecular weight is 2150 g/mol. The minimum Gasteiger partial charge on any atom is -0.870 e. The molecule has 0 spiro atoms. The molecule has 50 heteroatoms. The van der Waals surface area contributed by atoms with Crippen molar-refractivity contribution >= 4 is 160 Å². The molecule has 0 amide bonds. The first-order chi connectivity index (χ1) is 59.6. The molecule has 0 saturated carbocycles. The SMILES string of the molecule is C.COC(=O)c1ccc(Br)cn1.COC(=O)c1ccc(C#N)cn1.COC(=O)c1ccc(CN)cn1.COC(=O)c1ccc(CNS(=O)(=O)c2ccc(F)c(Cl)c2)cn1.COc1ccc(CCCC(=O)c2ccc(CNS(=O)(=O)c3ccc(F)c(Cl)c3)cn2)cc1.Cl.O=C(O)c1ccc(CNS(=O)(=O)c2ccc(F)c(Cl)c2)cn1.O=S(=O)(Cl)c1ccc(F)c(Cl)c1.[C-]#N.[Cu+].[K+].[OH-]. The van der Waals surface area contributed by atoms with Gasteiger partial charge in [0.25, 0.3) is 9.05 Å². The number of hydrogen-bond acceptors (Lipinski definition) is 29. The van der Waals surface area contributed by atoms with Gasteiger partial charge >= 0.3 is 98.3 Å². The van der Waals surface area contributed by atoms with Crippen LogP contribution in [-0.2, 0) is 108 Å². The van der Waals surface area contributed by atoms with Gasteiger partial charge in [-0.05, 0) is 190 Å². The van der Waals surface area contributed by atoms with Crippen LogP contribution in [-0.4, -0.2) is 145 Å². The average Bonchev–Trinajstić information content (AvgIpc) is 1.07. The predicted molar refractivity (Wildman–Crippen MR) is 470 cm³/mol. The monoisotopic (exact) mass is 2150 g/mol. The number of aromatic nitrogens is 6. The number of ketones is 1. The zero-order chi connectivity index (χ0) is 94.1. The Morgan fingerprint density at radius 3 is 1.03 bits per heavy atom. The van der Waals surface area contributed by atoms with Gasteiger partial charge in [-0.25, -0.2) is 114 Å². The maximum absolute atomic E-state index is 13.2. The van der Waals surface area contributed by atoms with Gasteiger partial charge in [0.05, 0.1) is 80.8 Å². The molecule has 0 saturated heterocycles. The Kier molecular flexibility index (Phi) is 58.5. The number of sulfonamides is 3. The van der Waals surface area contributed by atoms with Crippen LogP contribution >= 0.6 is 85.4 Å². The Hall–Kier alpha value is -9.50. The largest absolute Gasteiger partial charge is 1.00 e. The summed E-state index contributed by atoms with van der Waals surface area (Å²) >= 11 is 25.3. The number of esters is 4. The molecule has 0 aliphatic rings. The van der Waals surface area contributed by atoms with Crippen molar-refractivity contribution < 1.29 is 183 Å². The van der Waals surface area contributed by atoms with Gasteiger partial charge in [-0.3, -0.25) is 9.78 Å². The van der Waals surface area contributed by atoms with E-state index in [2.05, 4.69) is 78.9 Å². The van der Waals surface area contributed by atoms with Crippen LogP contribution in [0.2, 0.25) is 20.1 Å². The first-order valence-electron chi connectivity index (χ1n) is 34.8. The van der Waals surface area contributed by atoms with E-state index in [1.54, 1.807) is 62.0 Å². The molecule has 0 aliphatic heterocycles. The second kappa shape index (κ2) is 62.1. The van der Waals surface area contributed by atoms with Crippen LogP contribution < -0.4 is 76.0 Å². The molecule has 6 aromatic heterocycles. The predicted octanol–water partition coefficient (Wildman–Crippen LogP) is 11.8. The summed E-state index contributed by atoms with van der Waals surface area (Å²) in [5.41, 5.74) is 10.5. The molecule has 6 heterocycles. The molecule has 698 valence electrons. The van der Waals surface area contributed by atoms with Crippen LogP contribution in [0.15, 0.2) is 231 Å². The summed E-state index contributed by atoms with van der Waals surface area (Å²) in [6, 6.07) is 40.4. The fraction of sp³-hybridized carbons (Fsp3) is 0.160. The quantitative estimate of drug-likeness (QED) is 0.00675. The number of carboxylic acid groups (broad SMARTS) is 1. The summed E-state index contributed by atoms with van der Waals surface area (Å²) in [5.74, 6) is -5.19. The van der Waals surface area contributed by atoms with Crippen LogP contribution in [0.4, 0.5) is 17.6 Å². The summed E-state index contributed by atoms with van der Waals surface area (Å²) in [6.07, 6.45) is 10.3. The van der Waals surface area contributed by atoms with E-state index in [-0.39, 0.29) is 176 Å². The van der Waals surface area contributed by atoms with Gasteiger partial charge in [0.2, 0.25) is 30.1 Å². The van der Waals surface area contributed by atoms with Gasteiger partial charge in [-0.15, -0.1) is 12.4 Å². The van der Waals surface area contributed by atoms with Crippen LogP contribution in [0.5, 0.6) is 5.75 Å². The van der Waals surface area contributed by atoms with E-state index in [0.717, 1.165) is 101 Å². The van der Waals surface area contributed by atoms with Crippen LogP contribution in [0.3, 0.4) is 0 Å². The fourth-order valence-electron chi connectivity index (χ4n) is 8.88. The zero-order valence-electron chi connectivity index (χ0n) is 68.0. The molecule has 0 radical (unpaired) electrons. The van der Waals surface area contributed by atoms with Gasteiger partial charge in [0, 0.05) is 84.9 Å². The van der Waals surface area contributed by atoms with Crippen molar-refractivity contribution in [2.24, 2.45) is 5.73 Å². The van der Waals surface area contributed by atoms with E-state index >= 15 is 0 Å². The number of carboxylic acids is 1. The van der Waals surface area contributed by atoms with Crippen molar-refractivity contribution in [1.29, 1.82) is 10.5 Å². The van der Waals surface area contributed by atoms with Gasteiger partial charge in [-0.2, -0.15) is 5.26 Å². The van der Waals surface area contributed by atoms with Crippen molar-refractivity contribution in [3.05, 3.63) is 329 Å². The summed E-state index contributed by atoms with van der Waals surface area (Å²) in [7, 11) is -3.66. The number of nitriles is 1. The first-order valence-corrected chi connectivity index (χ1v) is 43.8. The van der Waals surface area contributed by atoms with E-state index < -0.39 is 92.2 Å². The third kappa shape index (κ3) is 42.9. The first kappa shape index (κ1) is 124. The summed E-state index contributed by atoms with van der Waals surface area (Å²) < 4.78 is 177. The van der Waals surface area contributed by atoms with Crippen molar-refractivity contribution in [2.75, 3.05) is 35.5 Å². The normalized spacial score (nSPS) is 10.2. The molecule has 131 heavy (non-hydrogen) atoms. The van der Waals surface area contributed by atoms with E-state index in [0.29, 0.717) is 58.7 Å². The molecular weight excluding hydrogens is 2080 g/mol. The Morgan fingerprint density at radius 1 is 0.458 bits per heavy atom. The zero-order valence-corrected chi connectivity index (χ0v) is 81.5. The third-order valence-corrected chi connectivity index (χ3v) is 22.6. The van der Waals surface area contributed by atoms with Gasteiger partial charge in [-0.1, -0.05) is 90.2 Å². The van der Waals surface area contributed by atoms with Crippen molar-refractivity contribution in [3.63, 3.8) is 0 Å². The topological polar surface area (TPSA) is 522 Å². The number of nitrogens with one attached hydrogen (secondary N) is 3. The number of rotatable bonds is 25. The second-order valence-electron chi connectivity index (χ2n) is 23.9. The number of aryl methyl sites for hydroxylation is 1. The van der Waals surface area contributed by atoms with Crippen molar-refractivity contribution in [2.45, 2.75) is 72.5 Å². The number of hydrogen-bond donors (Lipinski definition) is 5. The Labute approximate surface area is 843 Å². The molecular formula is C81H75BrCl6CuF4KN12O21S4. The molecule has 0 aliphatic carbocycles. The van der Waals surface area contributed by atoms with Crippen LogP contribution in [0.25, 0.3) is 0 Å². The molecule has 7 N–H and O–H groups in total. The minimum absolute atomic E-state index is 0. The van der Waals surface area contributed by atoms with E-state index in [1.807, 2.05) is 30.3 Å². The smallest absolute Gasteiger partial charge is 0.870 e. The number of ether oxygens (including phenoxy) is 5. The Morgan fingerprint density at radius 2 is 0.756 bits per heavy atom. The molecule has 5 aromatic carbocycles. The molecule has 11 rings (SSSR count). The number of methoxy groups -OCH3 is 5. The summed E-state index contributed by atoms with van der Waals surface area (Å²) in [6.45, 7) is 5.00. The number of halogens is 11. The van der Waals surface area contributed by atoms with E-state index in [4.69, 9.17) is 89.8 Å². The molecule has 0 unspecified atom stereocenters. The number of nitrogens with zero attached hydrogens (tertiary/aromatic N) is 8. The number of Topliss-reactive ketones (excluding diaryl/α,β-unsaturated/α-hetero) is 1. The number of carbonyl (C=O) groups is 6. The Bertz CT molecular complexity index is 6130. The molecule has 0 bridgehead atoms. The molecule has 11 aromatic rings. The number of aromatic carboxylic acids is 1. The fourth-order valence-corrected chi connectivity index (χ4v) is 14.0. The van der Waals surface area contributed by atoms with Gasteiger partial charge in [0.1, 0.15) is 69.3 Å². The standard InChI is InChI=1S/C23H22ClFN2O4S.C14H12ClFN2O4S.C13H10ClFN2O4S.C8H10N2O2.C8H6N2O2.C7H6BrNO2.C6H3Cl2FO2S.CN.CH4.ClH.Cu.K.H2O/c1-31-18-8-5-16(6-9-18)3-2-4-23(28)22-12-7-17(14-26-22)15-27-32(29,30)19-10-11-21(25)20(24)13-19;1-22-14(19)13-5-2-9(7-17-13)8-18-23(20,21)10-3-4-12(16)11(15)6-10;14-10-5-9(2-3-11(10)15)22(20,21)17-7-8-1-4-12(13(18)19)16-6-8;2*1-12-8(11)7-3-2-6(4-9)5-10-7;1-11-7(10)6-3-2-5(8)4-9-6;7-5-3-4(12(8,10)11)1-2-6(5)9;1-2;;;;;/h5-14,27H,2-4,15H2,1H3;2-7,18H,8H2,1H3;1-6,17H,7H2,(H,18,19);2-3,5H,4,9H2,1H3;2-3,5H,1H3;2-4H,1H3;1-3H;;1H4;1H;;;1H2/q;;;;;;;-1;;;2*+1;/p-1. The second-order valence-corrected chi connectivity index (χ2v) is 34.3. The summed E-state index contributed by atoms with van der Waals surface area (Å²) in [5, 5.41) is 22.3. The van der Waals surface area contributed by atoms with Crippen LogP contribution in [0, 0.1) is 46.4 Å². The molecule has 0 fully saturated rings. The van der Waals surface area contributed by atoms with Crippen molar-refractivity contribution in [3.8, 4) is 11.8 Å². The maximum atomic E-state index is 13.2. The number of carbonyl (C=O) groups excluding carboxylic acids is 5. The van der Waals surface area contributed by atoms with Crippen LogP contribution in [0.1, 0.15) is 117 Å². The molecule has 0 atom stereocenters.